The van der Waals surface area contributed by atoms with Crippen LogP contribution in [0.15, 0.2) is 85.1 Å². The van der Waals surface area contributed by atoms with E-state index in [0.717, 1.165) is 62.4 Å². The molecule has 0 bridgehead atoms. The van der Waals surface area contributed by atoms with Crippen LogP contribution in [0.25, 0.3) is 11.3 Å². The fraction of sp³-hybridized carbons (Fsp3) is 0.323. The highest BCUT2D eigenvalue weighted by molar-refractivity contribution is 5.59. The molecule has 1 atom stereocenters. The molecule has 6 rings (SSSR count). The molecule has 0 N–H and O–H groups in total. The molecule has 0 radical (unpaired) electrons. The van der Waals surface area contributed by atoms with Crippen molar-refractivity contribution in [1.82, 2.24) is 14.5 Å². The third kappa shape index (κ3) is 4.69. The summed E-state index contributed by atoms with van der Waals surface area (Å²) in [7, 11) is 2.20. The molecule has 178 valence electrons. The summed E-state index contributed by atoms with van der Waals surface area (Å²) in [5.41, 5.74) is 7.66. The number of aryl methyl sites for hydroxylation is 1. The van der Waals surface area contributed by atoms with Gasteiger partial charge in [-0.15, -0.1) is 0 Å². The molecule has 2 aliphatic rings. The molecule has 2 aliphatic heterocycles. The Hall–Kier alpha value is -3.21. The Morgan fingerprint density at radius 3 is 2.37 bits per heavy atom. The quantitative estimate of drug-likeness (QED) is 0.369. The standard InChI is InChI=1S/C31H33N3O/c1-33-18-15-26(16-19-33)35-30-28-14-8-13-25(21-23-9-4-2-5-10-23)27(28)17-20-34-22-29(32-31(30)34)24-11-6-3-7-12-24/h2-14,22,26,30H,15-21H2,1H3. The third-order valence-corrected chi connectivity index (χ3v) is 7.54. The van der Waals surface area contributed by atoms with Gasteiger partial charge < -0.3 is 14.2 Å². The van der Waals surface area contributed by atoms with Gasteiger partial charge in [0, 0.05) is 31.4 Å². The van der Waals surface area contributed by atoms with Crippen molar-refractivity contribution in [2.24, 2.45) is 0 Å². The Bertz CT molecular complexity index is 1270. The lowest BCUT2D eigenvalue weighted by molar-refractivity contribution is -0.0275. The van der Waals surface area contributed by atoms with Gasteiger partial charge in [-0.05, 0) is 55.0 Å². The number of hydrogen-bond acceptors (Lipinski definition) is 3. The molecule has 1 fully saturated rings. The maximum absolute atomic E-state index is 6.96. The maximum atomic E-state index is 6.96. The van der Waals surface area contributed by atoms with Crippen molar-refractivity contribution in [2.75, 3.05) is 20.1 Å². The number of imidazole rings is 1. The van der Waals surface area contributed by atoms with Crippen molar-refractivity contribution >= 4 is 0 Å². The first-order valence-corrected chi connectivity index (χ1v) is 12.9. The van der Waals surface area contributed by atoms with E-state index in [2.05, 4.69) is 102 Å². The lowest BCUT2D eigenvalue weighted by Gasteiger charge is -2.32. The Morgan fingerprint density at radius 2 is 1.60 bits per heavy atom. The third-order valence-electron chi connectivity index (χ3n) is 7.54. The Kier molecular flexibility index (Phi) is 6.24. The SMILES string of the molecule is CN1CCC(OC2c3cccc(Cc4ccccc4)c3CCn3cc(-c4ccccc4)nc32)CC1. The Labute approximate surface area is 208 Å². The van der Waals surface area contributed by atoms with Crippen molar-refractivity contribution in [1.29, 1.82) is 0 Å². The molecule has 3 aromatic carbocycles. The Balaban J connectivity index is 1.40. The van der Waals surface area contributed by atoms with Crippen LogP contribution in [0, 0.1) is 0 Å². The van der Waals surface area contributed by atoms with E-state index in [1.54, 1.807) is 0 Å². The van der Waals surface area contributed by atoms with E-state index < -0.39 is 0 Å². The summed E-state index contributed by atoms with van der Waals surface area (Å²) in [6.07, 6.45) is 6.40. The Morgan fingerprint density at radius 1 is 0.857 bits per heavy atom. The highest BCUT2D eigenvalue weighted by atomic mass is 16.5. The average molecular weight is 464 g/mol. The monoisotopic (exact) mass is 463 g/mol. The van der Waals surface area contributed by atoms with Crippen LogP contribution in [0.4, 0.5) is 0 Å². The first-order chi connectivity index (χ1) is 17.2. The molecule has 1 aromatic heterocycles. The molecule has 0 saturated carbocycles. The van der Waals surface area contributed by atoms with E-state index in [4.69, 9.17) is 9.72 Å². The fourth-order valence-corrected chi connectivity index (χ4v) is 5.57. The number of piperidine rings is 1. The van der Waals surface area contributed by atoms with Crippen molar-refractivity contribution in [2.45, 2.75) is 44.4 Å². The predicted molar refractivity (Wildman–Crippen MR) is 141 cm³/mol. The van der Waals surface area contributed by atoms with Crippen LogP contribution in [0.2, 0.25) is 0 Å². The van der Waals surface area contributed by atoms with Gasteiger partial charge in [0.1, 0.15) is 11.9 Å². The van der Waals surface area contributed by atoms with Gasteiger partial charge in [-0.2, -0.15) is 0 Å². The van der Waals surface area contributed by atoms with E-state index >= 15 is 0 Å². The fourth-order valence-electron chi connectivity index (χ4n) is 5.57. The minimum atomic E-state index is -0.144. The lowest BCUT2D eigenvalue weighted by atomic mass is 9.91. The summed E-state index contributed by atoms with van der Waals surface area (Å²) in [5.74, 6) is 1.04. The first-order valence-electron chi connectivity index (χ1n) is 12.9. The number of likely N-dealkylation sites (tertiary alicyclic amines) is 1. The van der Waals surface area contributed by atoms with Gasteiger partial charge in [-0.25, -0.2) is 4.98 Å². The minimum Gasteiger partial charge on any atom is -0.362 e. The molecule has 1 unspecified atom stereocenters. The van der Waals surface area contributed by atoms with Crippen LogP contribution in [0.5, 0.6) is 0 Å². The topological polar surface area (TPSA) is 30.3 Å². The summed E-state index contributed by atoms with van der Waals surface area (Å²) < 4.78 is 9.30. The van der Waals surface area contributed by atoms with Gasteiger partial charge in [-0.3, -0.25) is 0 Å². The van der Waals surface area contributed by atoms with Gasteiger partial charge >= 0.3 is 0 Å². The number of aromatic nitrogens is 2. The van der Waals surface area contributed by atoms with Crippen molar-refractivity contribution in [3.05, 3.63) is 113 Å². The molecule has 35 heavy (non-hydrogen) atoms. The zero-order chi connectivity index (χ0) is 23.6. The number of benzene rings is 3. The second-order valence-electron chi connectivity index (χ2n) is 9.96. The number of rotatable bonds is 5. The molecule has 4 aromatic rings. The highest BCUT2D eigenvalue weighted by Gasteiger charge is 2.31. The molecule has 4 heteroatoms. The van der Waals surface area contributed by atoms with Gasteiger partial charge in [0.2, 0.25) is 0 Å². The summed E-state index contributed by atoms with van der Waals surface area (Å²) in [6.45, 7) is 3.09. The van der Waals surface area contributed by atoms with Crippen molar-refractivity contribution in [3.63, 3.8) is 0 Å². The van der Waals surface area contributed by atoms with Gasteiger partial charge in [0.05, 0.1) is 11.8 Å². The van der Waals surface area contributed by atoms with E-state index in [-0.39, 0.29) is 12.2 Å². The van der Waals surface area contributed by atoms with Crippen LogP contribution < -0.4 is 0 Å². The summed E-state index contributed by atoms with van der Waals surface area (Å²) in [6, 6.07) is 28.1. The molecule has 0 aliphatic carbocycles. The smallest absolute Gasteiger partial charge is 0.143 e. The summed E-state index contributed by atoms with van der Waals surface area (Å²) >= 11 is 0. The van der Waals surface area contributed by atoms with Gasteiger partial charge in [0.25, 0.3) is 0 Å². The first kappa shape index (κ1) is 22.3. The second-order valence-corrected chi connectivity index (χ2v) is 9.96. The van der Waals surface area contributed by atoms with Crippen LogP contribution in [0.3, 0.4) is 0 Å². The average Bonchev–Trinajstić information content (AvgIpc) is 3.27. The maximum Gasteiger partial charge on any atom is 0.143 e. The number of fused-ring (bicyclic) bond motifs is 2. The van der Waals surface area contributed by atoms with E-state index in [1.165, 1.54) is 22.3 Å². The van der Waals surface area contributed by atoms with Crippen molar-refractivity contribution in [3.8, 4) is 11.3 Å². The minimum absolute atomic E-state index is 0.144. The van der Waals surface area contributed by atoms with Crippen LogP contribution in [-0.4, -0.2) is 40.7 Å². The normalized spacial score (nSPS) is 18.6. The number of hydrogen-bond donors (Lipinski definition) is 0. The molecule has 3 heterocycles. The molecule has 4 nitrogen and oxygen atoms in total. The van der Waals surface area contributed by atoms with E-state index in [1.807, 2.05) is 0 Å². The molecule has 0 spiro atoms. The van der Waals surface area contributed by atoms with E-state index in [0.29, 0.717) is 0 Å². The summed E-state index contributed by atoms with van der Waals surface area (Å²) in [5, 5.41) is 0. The highest BCUT2D eigenvalue weighted by Crippen LogP contribution is 2.37. The van der Waals surface area contributed by atoms with Gasteiger partial charge in [0.15, 0.2) is 0 Å². The molecular formula is C31H33N3O. The largest absolute Gasteiger partial charge is 0.362 e. The number of nitrogens with zero attached hydrogens (tertiary/aromatic N) is 3. The van der Waals surface area contributed by atoms with Gasteiger partial charge in [-0.1, -0.05) is 78.9 Å². The van der Waals surface area contributed by atoms with Crippen LogP contribution >= 0.6 is 0 Å². The summed E-state index contributed by atoms with van der Waals surface area (Å²) in [4.78, 5) is 7.58. The zero-order valence-corrected chi connectivity index (χ0v) is 20.4. The number of ether oxygens (including phenoxy) is 1. The predicted octanol–water partition coefficient (Wildman–Crippen LogP) is 5.90. The molecular weight excluding hydrogens is 430 g/mol. The molecule has 0 amide bonds. The van der Waals surface area contributed by atoms with Crippen LogP contribution in [-0.2, 0) is 24.1 Å². The van der Waals surface area contributed by atoms with Crippen molar-refractivity contribution < 1.29 is 4.74 Å². The zero-order valence-electron chi connectivity index (χ0n) is 20.4. The van der Waals surface area contributed by atoms with Crippen LogP contribution in [0.1, 0.15) is 47.0 Å². The molecule has 1 saturated heterocycles. The second kappa shape index (κ2) is 9.80. The van der Waals surface area contributed by atoms with E-state index in [9.17, 15) is 0 Å². The lowest BCUT2D eigenvalue weighted by Crippen LogP contribution is -2.35.